The Balaban J connectivity index is 2.52. The van der Waals surface area contributed by atoms with Gasteiger partial charge in [-0.2, -0.15) is 13.2 Å². The molecule has 0 aliphatic heterocycles. The third-order valence-electron chi connectivity index (χ3n) is 1.91. The lowest BCUT2D eigenvalue weighted by Gasteiger charge is -2.11. The zero-order valence-electron chi connectivity index (χ0n) is 7.55. The molecular weight excluding hydrogens is 205 g/mol. The number of para-hydroxylation sites is 1. The molecule has 0 amide bonds. The number of pyridine rings is 1. The summed E-state index contributed by atoms with van der Waals surface area (Å²) in [4.78, 5) is 3.90. The summed E-state index contributed by atoms with van der Waals surface area (Å²) in [5.74, 6) is 0. The number of nitrogens with zero attached hydrogens (tertiary/aromatic N) is 1. The van der Waals surface area contributed by atoms with Gasteiger partial charge in [-0.25, -0.2) is 0 Å². The van der Waals surface area contributed by atoms with Crippen molar-refractivity contribution in [1.82, 2.24) is 4.98 Å². The summed E-state index contributed by atoms with van der Waals surface area (Å²) in [7, 11) is 0. The number of benzene rings is 1. The SMILES string of the molecule is FC(F)(F)Nc1cccc2cccnc12. The molecule has 0 radical (unpaired) electrons. The summed E-state index contributed by atoms with van der Waals surface area (Å²) in [5.41, 5.74) is 0.290. The molecule has 5 heteroatoms. The van der Waals surface area contributed by atoms with Gasteiger partial charge in [0.1, 0.15) is 0 Å². The maximum Gasteiger partial charge on any atom is 0.482 e. The molecule has 0 aliphatic rings. The van der Waals surface area contributed by atoms with E-state index in [-0.39, 0.29) is 5.69 Å². The normalized spacial score (nSPS) is 11.7. The minimum absolute atomic E-state index is 0.0272. The number of aromatic nitrogens is 1. The molecule has 2 aromatic rings. The predicted octanol–water partition coefficient (Wildman–Crippen LogP) is 3.17. The monoisotopic (exact) mass is 212 g/mol. The van der Waals surface area contributed by atoms with Crippen LogP contribution in [0, 0.1) is 0 Å². The third kappa shape index (κ3) is 2.18. The fraction of sp³-hybridized carbons (Fsp3) is 0.100. The van der Waals surface area contributed by atoms with Crippen molar-refractivity contribution in [2.75, 3.05) is 5.32 Å². The second kappa shape index (κ2) is 3.42. The van der Waals surface area contributed by atoms with E-state index in [0.717, 1.165) is 0 Å². The van der Waals surface area contributed by atoms with E-state index in [1.165, 1.54) is 17.6 Å². The standard InChI is InChI=1S/C10H7F3N2/c11-10(12,13)15-8-5-1-3-7-4-2-6-14-9(7)8/h1-6,15H. The molecule has 0 unspecified atom stereocenters. The minimum atomic E-state index is -4.44. The van der Waals surface area contributed by atoms with Crippen LogP contribution < -0.4 is 5.32 Å². The molecule has 0 aliphatic carbocycles. The number of hydrogen-bond donors (Lipinski definition) is 1. The highest BCUT2D eigenvalue weighted by molar-refractivity contribution is 5.90. The van der Waals surface area contributed by atoms with E-state index < -0.39 is 6.30 Å². The fourth-order valence-corrected chi connectivity index (χ4v) is 1.36. The average molecular weight is 212 g/mol. The van der Waals surface area contributed by atoms with Gasteiger partial charge in [-0.3, -0.25) is 10.3 Å². The molecule has 0 fully saturated rings. The van der Waals surface area contributed by atoms with Crippen LogP contribution in [-0.4, -0.2) is 11.3 Å². The molecule has 1 heterocycles. The molecule has 78 valence electrons. The van der Waals surface area contributed by atoms with Gasteiger partial charge in [-0.1, -0.05) is 18.2 Å². The summed E-state index contributed by atoms with van der Waals surface area (Å²) in [5, 5.41) is 2.13. The zero-order valence-corrected chi connectivity index (χ0v) is 7.55. The second-order valence-electron chi connectivity index (χ2n) is 3.00. The van der Waals surface area contributed by atoms with Gasteiger partial charge >= 0.3 is 6.30 Å². The number of nitrogens with one attached hydrogen (secondary N) is 1. The lowest BCUT2D eigenvalue weighted by atomic mass is 10.2. The van der Waals surface area contributed by atoms with Gasteiger partial charge in [0.15, 0.2) is 0 Å². The van der Waals surface area contributed by atoms with Crippen LogP contribution in [0.3, 0.4) is 0 Å². The molecular formula is C10H7F3N2. The topological polar surface area (TPSA) is 24.9 Å². The van der Waals surface area contributed by atoms with Gasteiger partial charge in [0.25, 0.3) is 0 Å². The summed E-state index contributed by atoms with van der Waals surface area (Å²) in [6, 6.07) is 8.01. The summed E-state index contributed by atoms with van der Waals surface area (Å²) < 4.78 is 36.4. The van der Waals surface area contributed by atoms with Crippen molar-refractivity contribution in [1.29, 1.82) is 0 Å². The number of rotatable bonds is 1. The molecule has 0 saturated heterocycles. The van der Waals surface area contributed by atoms with E-state index in [2.05, 4.69) is 4.98 Å². The van der Waals surface area contributed by atoms with E-state index in [1.54, 1.807) is 24.3 Å². The molecule has 15 heavy (non-hydrogen) atoms. The van der Waals surface area contributed by atoms with Crippen molar-refractivity contribution in [3.05, 3.63) is 36.5 Å². The van der Waals surface area contributed by atoms with Crippen molar-refractivity contribution in [3.8, 4) is 0 Å². The van der Waals surface area contributed by atoms with Crippen molar-refractivity contribution >= 4 is 16.6 Å². The first-order valence-electron chi connectivity index (χ1n) is 4.25. The van der Waals surface area contributed by atoms with E-state index in [1.807, 2.05) is 0 Å². The number of alkyl halides is 3. The molecule has 1 aromatic carbocycles. The molecule has 1 N–H and O–H groups in total. The highest BCUT2D eigenvalue weighted by atomic mass is 19.4. The zero-order chi connectivity index (χ0) is 10.9. The van der Waals surface area contributed by atoms with E-state index >= 15 is 0 Å². The first-order chi connectivity index (χ1) is 7.06. The van der Waals surface area contributed by atoms with Crippen LogP contribution in [0.25, 0.3) is 10.9 Å². The maximum absolute atomic E-state index is 12.1. The second-order valence-corrected chi connectivity index (χ2v) is 3.00. The highest BCUT2D eigenvalue weighted by Crippen LogP contribution is 2.25. The largest absolute Gasteiger partial charge is 0.482 e. The number of fused-ring (bicyclic) bond motifs is 1. The van der Waals surface area contributed by atoms with Crippen molar-refractivity contribution in [3.63, 3.8) is 0 Å². The molecule has 2 rings (SSSR count). The smallest absolute Gasteiger partial charge is 0.295 e. The Bertz CT molecular complexity index is 474. The molecule has 0 atom stereocenters. The van der Waals surface area contributed by atoms with Gasteiger partial charge in [0.05, 0.1) is 11.2 Å². The Kier molecular flexibility index (Phi) is 2.22. The van der Waals surface area contributed by atoms with Gasteiger partial charge in [-0.05, 0) is 12.1 Å². The number of anilines is 1. The quantitative estimate of drug-likeness (QED) is 0.734. The summed E-state index contributed by atoms with van der Waals surface area (Å²) >= 11 is 0. The molecule has 0 spiro atoms. The van der Waals surface area contributed by atoms with Crippen molar-refractivity contribution < 1.29 is 13.2 Å². The fourth-order valence-electron chi connectivity index (χ4n) is 1.36. The Morgan fingerprint density at radius 3 is 2.53 bits per heavy atom. The number of hydrogen-bond acceptors (Lipinski definition) is 2. The van der Waals surface area contributed by atoms with Gasteiger partial charge in [-0.15, -0.1) is 0 Å². The Morgan fingerprint density at radius 2 is 1.80 bits per heavy atom. The maximum atomic E-state index is 12.1. The summed E-state index contributed by atoms with van der Waals surface area (Å²) in [6.45, 7) is 0. The van der Waals surface area contributed by atoms with E-state index in [9.17, 15) is 13.2 Å². The Labute approximate surface area is 83.7 Å². The highest BCUT2D eigenvalue weighted by Gasteiger charge is 2.27. The van der Waals surface area contributed by atoms with Crippen LogP contribution in [0.5, 0.6) is 0 Å². The lowest BCUT2D eigenvalue weighted by Crippen LogP contribution is -2.20. The average Bonchev–Trinajstić information content (AvgIpc) is 2.16. The predicted molar refractivity (Wildman–Crippen MR) is 51.4 cm³/mol. The van der Waals surface area contributed by atoms with Gasteiger partial charge < -0.3 is 0 Å². The molecule has 1 aromatic heterocycles. The molecule has 0 saturated carbocycles. The van der Waals surface area contributed by atoms with Crippen LogP contribution >= 0.6 is 0 Å². The molecule has 2 nitrogen and oxygen atoms in total. The van der Waals surface area contributed by atoms with E-state index in [0.29, 0.717) is 10.9 Å². The van der Waals surface area contributed by atoms with Crippen LogP contribution in [0.2, 0.25) is 0 Å². The Morgan fingerprint density at radius 1 is 1.07 bits per heavy atom. The summed E-state index contributed by atoms with van der Waals surface area (Å²) in [6.07, 6.45) is -2.98. The van der Waals surface area contributed by atoms with Crippen molar-refractivity contribution in [2.45, 2.75) is 6.30 Å². The van der Waals surface area contributed by atoms with Gasteiger partial charge in [0, 0.05) is 11.6 Å². The molecule has 0 bridgehead atoms. The Hall–Kier alpha value is -1.78. The van der Waals surface area contributed by atoms with Crippen LogP contribution in [-0.2, 0) is 0 Å². The van der Waals surface area contributed by atoms with Gasteiger partial charge in [0.2, 0.25) is 0 Å². The van der Waals surface area contributed by atoms with Crippen LogP contribution in [0.15, 0.2) is 36.5 Å². The minimum Gasteiger partial charge on any atom is -0.295 e. The number of halogens is 3. The van der Waals surface area contributed by atoms with Crippen LogP contribution in [0.1, 0.15) is 0 Å². The van der Waals surface area contributed by atoms with Crippen molar-refractivity contribution in [2.24, 2.45) is 0 Å². The third-order valence-corrected chi connectivity index (χ3v) is 1.91. The lowest BCUT2D eigenvalue weighted by molar-refractivity contribution is -0.0998. The first kappa shape index (κ1) is 9.76. The first-order valence-corrected chi connectivity index (χ1v) is 4.25. The van der Waals surface area contributed by atoms with E-state index in [4.69, 9.17) is 0 Å². The van der Waals surface area contributed by atoms with Crippen LogP contribution in [0.4, 0.5) is 18.9 Å².